The molecule has 8 heteroatoms. The molecular formula is C49H93NO7. The molecule has 0 saturated heterocycles. The molecule has 0 amide bonds. The van der Waals surface area contributed by atoms with Crippen LogP contribution in [0.25, 0.3) is 0 Å². The smallest absolute Gasteiger partial charge is 0.306 e. The van der Waals surface area contributed by atoms with Gasteiger partial charge in [0.15, 0.2) is 6.10 Å². The van der Waals surface area contributed by atoms with Gasteiger partial charge < -0.3 is 28.6 Å². The van der Waals surface area contributed by atoms with E-state index >= 15 is 0 Å². The van der Waals surface area contributed by atoms with Crippen LogP contribution in [0.2, 0.25) is 0 Å². The van der Waals surface area contributed by atoms with Crippen molar-refractivity contribution in [2.75, 3.05) is 41.0 Å². The first kappa shape index (κ1) is 55.1. The number of hydrogen-bond donors (Lipinski definition) is 0. The van der Waals surface area contributed by atoms with Crippen LogP contribution >= 0.6 is 0 Å². The van der Waals surface area contributed by atoms with Gasteiger partial charge in [-0.3, -0.25) is 9.59 Å². The van der Waals surface area contributed by atoms with Crippen molar-refractivity contribution in [3.8, 4) is 0 Å². The van der Waals surface area contributed by atoms with Crippen molar-refractivity contribution < 1.29 is 38.2 Å². The average Bonchev–Trinajstić information content (AvgIpc) is 3.17. The second kappa shape index (κ2) is 40.8. The molecule has 0 saturated carbocycles. The molecular weight excluding hydrogens is 715 g/mol. The Bertz CT molecular complexity index is 947. The van der Waals surface area contributed by atoms with E-state index in [-0.39, 0.29) is 42.7 Å². The number of ether oxygens (including phenoxy) is 3. The largest absolute Gasteiger partial charge is 0.544 e. The molecule has 0 N–H and O–H groups in total. The number of quaternary nitrogens is 1. The summed E-state index contributed by atoms with van der Waals surface area (Å²) in [5, 5.41) is 11.6. The minimum absolute atomic E-state index is 0.0432. The number of esters is 2. The second-order valence-corrected chi connectivity index (χ2v) is 17.7. The molecule has 0 aliphatic carbocycles. The minimum Gasteiger partial charge on any atom is -0.544 e. The lowest BCUT2D eigenvalue weighted by Crippen LogP contribution is -2.55. The Kier molecular flexibility index (Phi) is 39.4. The van der Waals surface area contributed by atoms with E-state index in [9.17, 15) is 19.5 Å². The van der Waals surface area contributed by atoms with Gasteiger partial charge in [-0.25, -0.2) is 0 Å². The summed E-state index contributed by atoms with van der Waals surface area (Å²) < 4.78 is 17.2. The van der Waals surface area contributed by atoms with Crippen LogP contribution in [-0.2, 0) is 28.6 Å². The number of carboxylic acid groups (broad SMARTS) is 1. The van der Waals surface area contributed by atoms with Gasteiger partial charge in [-0.05, 0) is 38.5 Å². The van der Waals surface area contributed by atoms with Gasteiger partial charge in [-0.2, -0.15) is 0 Å². The predicted molar refractivity (Wildman–Crippen MR) is 236 cm³/mol. The SMILES string of the molecule is CCCCCCCCC/C=C/CCCCCCCC(=O)OC(COCCC(C(=O)[O-])[N+](C)(C)C)COC(=O)CCCCCCCCCCCCCCCCCCC. The number of nitrogens with zero attached hydrogens (tertiary/aromatic N) is 1. The molecule has 0 heterocycles. The summed E-state index contributed by atoms with van der Waals surface area (Å²) >= 11 is 0. The Labute approximate surface area is 352 Å². The van der Waals surface area contributed by atoms with Crippen molar-refractivity contribution in [1.29, 1.82) is 0 Å². The fourth-order valence-electron chi connectivity index (χ4n) is 7.36. The highest BCUT2D eigenvalue weighted by Gasteiger charge is 2.25. The van der Waals surface area contributed by atoms with E-state index in [0.717, 1.165) is 51.4 Å². The molecule has 0 aliphatic heterocycles. The highest BCUT2D eigenvalue weighted by molar-refractivity contribution is 5.70. The molecule has 0 fully saturated rings. The van der Waals surface area contributed by atoms with Crippen LogP contribution in [0.3, 0.4) is 0 Å². The Morgan fingerprint density at radius 1 is 0.509 bits per heavy atom. The van der Waals surface area contributed by atoms with Crippen LogP contribution < -0.4 is 5.11 Å². The maximum atomic E-state index is 12.7. The Morgan fingerprint density at radius 3 is 1.26 bits per heavy atom. The van der Waals surface area contributed by atoms with Gasteiger partial charge in [0, 0.05) is 19.3 Å². The Hall–Kier alpha value is -1.93. The van der Waals surface area contributed by atoms with E-state index in [4.69, 9.17) is 14.2 Å². The third kappa shape index (κ3) is 39.3. The van der Waals surface area contributed by atoms with E-state index < -0.39 is 18.1 Å². The highest BCUT2D eigenvalue weighted by atomic mass is 16.6. The summed E-state index contributed by atoms with van der Waals surface area (Å²) in [6.07, 6.45) is 43.7. The summed E-state index contributed by atoms with van der Waals surface area (Å²) in [6.45, 7) is 4.69. The molecule has 336 valence electrons. The Balaban J connectivity index is 4.27. The third-order valence-corrected chi connectivity index (χ3v) is 11.2. The number of likely N-dealkylation sites (N-methyl/N-ethyl adjacent to an activating group) is 1. The second-order valence-electron chi connectivity index (χ2n) is 17.7. The van der Waals surface area contributed by atoms with E-state index in [1.807, 2.05) is 0 Å². The van der Waals surface area contributed by atoms with Crippen molar-refractivity contribution in [2.45, 2.75) is 244 Å². The molecule has 0 bridgehead atoms. The third-order valence-electron chi connectivity index (χ3n) is 11.2. The quantitative estimate of drug-likeness (QED) is 0.0261. The van der Waals surface area contributed by atoms with Gasteiger partial charge in [-0.1, -0.05) is 187 Å². The first-order valence-corrected chi connectivity index (χ1v) is 24.2. The van der Waals surface area contributed by atoms with Gasteiger partial charge in [-0.15, -0.1) is 0 Å². The number of unbranched alkanes of at least 4 members (excludes halogenated alkanes) is 28. The first-order valence-electron chi connectivity index (χ1n) is 24.2. The number of carboxylic acids is 1. The van der Waals surface area contributed by atoms with Crippen molar-refractivity contribution in [3.63, 3.8) is 0 Å². The lowest BCUT2D eigenvalue weighted by atomic mass is 10.0. The standard InChI is InChI=1S/C49H93NO7/c1-6-8-10-12-14-16-18-20-22-24-26-27-29-31-33-35-37-39-47(51)56-44-45(43-55-42-41-46(49(53)54)50(3,4)5)57-48(52)40-38-36-34-32-30-28-25-23-21-19-17-15-13-11-9-7-2/h23,25,45-46H,6-22,24,26-44H2,1-5H3/b25-23+. The fourth-order valence-corrected chi connectivity index (χ4v) is 7.36. The monoisotopic (exact) mass is 808 g/mol. The van der Waals surface area contributed by atoms with Crippen molar-refractivity contribution in [1.82, 2.24) is 0 Å². The van der Waals surface area contributed by atoms with Gasteiger partial charge in [0.25, 0.3) is 0 Å². The summed E-state index contributed by atoms with van der Waals surface area (Å²) in [4.78, 5) is 36.9. The van der Waals surface area contributed by atoms with E-state index in [1.165, 1.54) is 148 Å². The number of carbonyl (C=O) groups excluding carboxylic acids is 3. The summed E-state index contributed by atoms with van der Waals surface area (Å²) in [5.74, 6) is -1.73. The number of allylic oxidation sites excluding steroid dienone is 2. The maximum Gasteiger partial charge on any atom is 0.306 e. The fraction of sp³-hybridized carbons (Fsp3) is 0.898. The molecule has 0 rings (SSSR count). The normalized spacial score (nSPS) is 12.9. The van der Waals surface area contributed by atoms with Gasteiger partial charge in [0.05, 0.1) is 40.3 Å². The first-order chi connectivity index (χ1) is 27.6. The molecule has 0 spiro atoms. The molecule has 0 radical (unpaired) electrons. The molecule has 0 aliphatic rings. The van der Waals surface area contributed by atoms with Crippen molar-refractivity contribution in [3.05, 3.63) is 12.2 Å². The van der Waals surface area contributed by atoms with Crippen molar-refractivity contribution >= 4 is 17.9 Å². The highest BCUT2D eigenvalue weighted by Crippen LogP contribution is 2.16. The lowest BCUT2D eigenvalue weighted by Gasteiger charge is -2.34. The molecule has 2 atom stereocenters. The zero-order valence-electron chi connectivity index (χ0n) is 38.3. The van der Waals surface area contributed by atoms with Crippen LogP contribution in [-0.4, -0.2) is 75.5 Å². The van der Waals surface area contributed by atoms with Gasteiger partial charge >= 0.3 is 11.9 Å². The zero-order valence-corrected chi connectivity index (χ0v) is 38.3. The van der Waals surface area contributed by atoms with Gasteiger partial charge in [0.2, 0.25) is 0 Å². The summed E-state index contributed by atoms with van der Waals surface area (Å²) in [7, 11) is 5.42. The Morgan fingerprint density at radius 2 is 0.877 bits per heavy atom. The predicted octanol–water partition coefficient (Wildman–Crippen LogP) is 12.1. The minimum atomic E-state index is -1.12. The van der Waals surface area contributed by atoms with E-state index in [0.29, 0.717) is 12.8 Å². The molecule has 2 unspecified atom stereocenters. The summed E-state index contributed by atoms with van der Waals surface area (Å²) in [6, 6.07) is -0.723. The topological polar surface area (TPSA) is 102 Å². The molecule has 0 aromatic heterocycles. The molecule has 8 nitrogen and oxygen atoms in total. The van der Waals surface area contributed by atoms with Crippen LogP contribution in [0, 0.1) is 0 Å². The van der Waals surface area contributed by atoms with Crippen molar-refractivity contribution in [2.24, 2.45) is 0 Å². The van der Waals surface area contributed by atoms with Crippen LogP contribution in [0.1, 0.15) is 232 Å². The number of hydrogen-bond acceptors (Lipinski definition) is 7. The summed E-state index contributed by atoms with van der Waals surface area (Å²) in [5.41, 5.74) is 0. The lowest BCUT2D eigenvalue weighted by molar-refractivity contribution is -0.889. The molecule has 0 aromatic rings. The number of aliphatic carboxylic acids is 1. The van der Waals surface area contributed by atoms with Gasteiger partial charge in [0.1, 0.15) is 12.6 Å². The van der Waals surface area contributed by atoms with Crippen LogP contribution in [0.15, 0.2) is 12.2 Å². The van der Waals surface area contributed by atoms with E-state index in [1.54, 1.807) is 21.1 Å². The molecule has 0 aromatic carbocycles. The molecule has 57 heavy (non-hydrogen) atoms. The van der Waals surface area contributed by atoms with Crippen LogP contribution in [0.4, 0.5) is 0 Å². The maximum absolute atomic E-state index is 12.7. The number of rotatable bonds is 44. The average molecular weight is 808 g/mol. The zero-order chi connectivity index (χ0) is 42.1. The van der Waals surface area contributed by atoms with Crippen LogP contribution in [0.5, 0.6) is 0 Å². The van der Waals surface area contributed by atoms with E-state index in [2.05, 4.69) is 26.0 Å². The number of carbonyl (C=O) groups is 3.